The third-order valence-electron chi connectivity index (χ3n) is 3.05. The number of fused-ring (bicyclic) bond motifs is 1. The minimum Gasteiger partial charge on any atom is -0.300 e. The van der Waals surface area contributed by atoms with Crippen molar-refractivity contribution < 1.29 is 18.3 Å². The maximum atomic E-state index is 13.3. The fraction of sp³-hybridized carbons (Fsp3) is 0.400. The molecule has 0 saturated carbocycles. The Hall–Kier alpha value is -1.60. The van der Waals surface area contributed by atoms with Gasteiger partial charge in [0.1, 0.15) is 10.9 Å². The van der Waals surface area contributed by atoms with Crippen molar-refractivity contribution in [2.24, 2.45) is 0 Å². The number of tetrazole rings is 1. The molecule has 0 amide bonds. The van der Waals surface area contributed by atoms with Crippen molar-refractivity contribution in [1.82, 2.24) is 14.9 Å². The van der Waals surface area contributed by atoms with Gasteiger partial charge in [-0.1, -0.05) is 34.2 Å². The van der Waals surface area contributed by atoms with Crippen LogP contribution >= 0.6 is 18.9 Å². The highest BCUT2D eigenvalue weighted by molar-refractivity contribution is 7.62. The number of thiazole rings is 1. The van der Waals surface area contributed by atoms with Gasteiger partial charge in [-0.3, -0.25) is 4.57 Å². The van der Waals surface area contributed by atoms with E-state index in [4.69, 9.17) is 9.05 Å². The standard InChI is InChI=1S/C15H20N4O3PS/c1-11(2)21-23(20,22-12(3)4)14-10-24-15-18(16-17-19(14)15)13-8-6-5-7-9-13/h5-12H,1-4H3/q+1. The molecular weight excluding hydrogens is 347 g/mol. The van der Waals surface area contributed by atoms with Gasteiger partial charge in [0, 0.05) is 5.38 Å². The number of para-hydroxylation sites is 1. The molecule has 1 aromatic carbocycles. The topological polar surface area (TPSA) is 69.6 Å². The normalized spacial score (nSPS) is 12.6. The van der Waals surface area contributed by atoms with Crippen LogP contribution in [-0.4, -0.2) is 27.2 Å². The molecule has 0 N–H and O–H groups in total. The first kappa shape index (κ1) is 17.2. The zero-order valence-electron chi connectivity index (χ0n) is 14.0. The molecule has 3 rings (SSSR count). The van der Waals surface area contributed by atoms with E-state index in [9.17, 15) is 4.57 Å². The minimum absolute atomic E-state index is 0.241. The maximum Gasteiger partial charge on any atom is 0.397 e. The Kier molecular flexibility index (Phi) is 4.83. The number of benzene rings is 1. The fourth-order valence-electron chi connectivity index (χ4n) is 2.24. The fourth-order valence-corrected chi connectivity index (χ4v) is 5.52. The van der Waals surface area contributed by atoms with Crippen molar-refractivity contribution in [3.63, 3.8) is 0 Å². The SMILES string of the molecule is CC(C)OP(=O)(OC(C)C)c1csc2n1nn[n+]2-c1ccccc1. The van der Waals surface area contributed by atoms with Gasteiger partial charge < -0.3 is 9.05 Å². The number of rotatable bonds is 6. The molecule has 0 unspecified atom stereocenters. The van der Waals surface area contributed by atoms with E-state index in [-0.39, 0.29) is 12.2 Å². The zero-order valence-corrected chi connectivity index (χ0v) is 15.7. The second-order valence-electron chi connectivity index (χ2n) is 5.82. The molecule has 0 aliphatic heterocycles. The minimum atomic E-state index is -3.50. The van der Waals surface area contributed by atoms with E-state index >= 15 is 0 Å². The first-order chi connectivity index (χ1) is 11.4. The van der Waals surface area contributed by atoms with Gasteiger partial charge in [-0.05, 0) is 44.3 Å². The van der Waals surface area contributed by atoms with Gasteiger partial charge in [0.15, 0.2) is 5.21 Å². The van der Waals surface area contributed by atoms with Crippen LogP contribution in [0.1, 0.15) is 27.7 Å². The molecular formula is C15H20N4O3PS+. The van der Waals surface area contributed by atoms with Gasteiger partial charge in [-0.2, -0.15) is 0 Å². The molecule has 0 bridgehead atoms. The van der Waals surface area contributed by atoms with Crippen molar-refractivity contribution in [3.05, 3.63) is 35.7 Å². The molecule has 2 aromatic heterocycles. The van der Waals surface area contributed by atoms with E-state index in [0.29, 0.717) is 5.44 Å². The van der Waals surface area contributed by atoms with Crippen molar-refractivity contribution in [1.29, 1.82) is 0 Å². The van der Waals surface area contributed by atoms with Gasteiger partial charge in [0.2, 0.25) is 5.44 Å². The first-order valence-corrected chi connectivity index (χ1v) is 10.1. The lowest BCUT2D eigenvalue weighted by Gasteiger charge is -2.19. The van der Waals surface area contributed by atoms with E-state index < -0.39 is 7.60 Å². The Morgan fingerprint density at radius 1 is 1.12 bits per heavy atom. The third-order valence-corrected chi connectivity index (χ3v) is 6.40. The van der Waals surface area contributed by atoms with E-state index in [0.717, 1.165) is 10.6 Å². The van der Waals surface area contributed by atoms with Crippen LogP contribution in [0.25, 0.3) is 10.6 Å². The van der Waals surface area contributed by atoms with Crippen LogP contribution in [0.4, 0.5) is 0 Å². The molecule has 0 spiro atoms. The van der Waals surface area contributed by atoms with Gasteiger partial charge in [0.05, 0.1) is 12.2 Å². The quantitative estimate of drug-likeness (QED) is 0.495. The third kappa shape index (κ3) is 3.28. The number of hydrogen-bond donors (Lipinski definition) is 0. The zero-order chi connectivity index (χ0) is 17.3. The van der Waals surface area contributed by atoms with E-state index in [1.54, 1.807) is 10.1 Å². The van der Waals surface area contributed by atoms with E-state index in [2.05, 4.69) is 10.4 Å². The average molecular weight is 367 g/mol. The monoisotopic (exact) mass is 367 g/mol. The predicted molar refractivity (Wildman–Crippen MR) is 92.1 cm³/mol. The van der Waals surface area contributed by atoms with Crippen molar-refractivity contribution in [2.45, 2.75) is 39.9 Å². The highest BCUT2D eigenvalue weighted by Crippen LogP contribution is 2.49. The Labute approximate surface area is 144 Å². The van der Waals surface area contributed by atoms with Crippen LogP contribution in [-0.2, 0) is 13.6 Å². The summed E-state index contributed by atoms with van der Waals surface area (Å²) >= 11 is 1.39. The Bertz CT molecular complexity index is 861. The van der Waals surface area contributed by atoms with Crippen LogP contribution in [0.15, 0.2) is 35.7 Å². The summed E-state index contributed by atoms with van der Waals surface area (Å²) in [5.41, 5.74) is 1.28. The van der Waals surface area contributed by atoms with Crippen LogP contribution in [0.3, 0.4) is 0 Å². The van der Waals surface area contributed by atoms with Gasteiger partial charge >= 0.3 is 12.6 Å². The lowest BCUT2D eigenvalue weighted by Crippen LogP contribution is -2.32. The summed E-state index contributed by atoms with van der Waals surface area (Å²) in [7, 11) is -3.50. The molecule has 3 aromatic rings. The van der Waals surface area contributed by atoms with E-state index in [1.807, 2.05) is 58.0 Å². The van der Waals surface area contributed by atoms with E-state index in [1.165, 1.54) is 15.9 Å². The van der Waals surface area contributed by atoms with Crippen LogP contribution < -0.4 is 10.1 Å². The van der Waals surface area contributed by atoms with Crippen molar-refractivity contribution in [2.75, 3.05) is 0 Å². The Morgan fingerprint density at radius 3 is 2.33 bits per heavy atom. The lowest BCUT2D eigenvalue weighted by molar-refractivity contribution is -0.633. The van der Waals surface area contributed by atoms with Crippen LogP contribution in [0.2, 0.25) is 0 Å². The van der Waals surface area contributed by atoms with Gasteiger partial charge in [-0.15, -0.1) is 0 Å². The number of hydrogen-bond acceptors (Lipinski definition) is 6. The second kappa shape index (κ2) is 6.72. The molecule has 24 heavy (non-hydrogen) atoms. The summed E-state index contributed by atoms with van der Waals surface area (Å²) in [4.78, 5) is 0.733. The summed E-state index contributed by atoms with van der Waals surface area (Å²) in [6.07, 6.45) is -0.483. The Morgan fingerprint density at radius 2 is 1.75 bits per heavy atom. The maximum absolute atomic E-state index is 13.3. The van der Waals surface area contributed by atoms with Crippen LogP contribution in [0, 0.1) is 0 Å². The average Bonchev–Trinajstić information content (AvgIpc) is 3.07. The molecule has 0 aliphatic rings. The summed E-state index contributed by atoms with van der Waals surface area (Å²) in [6.45, 7) is 7.30. The van der Waals surface area contributed by atoms with Gasteiger partial charge in [0.25, 0.3) is 0 Å². The highest BCUT2D eigenvalue weighted by Gasteiger charge is 2.39. The van der Waals surface area contributed by atoms with Gasteiger partial charge in [-0.25, -0.2) is 0 Å². The summed E-state index contributed by atoms with van der Waals surface area (Å²) in [5, 5.41) is 10.1. The predicted octanol–water partition coefficient (Wildman–Crippen LogP) is 2.74. The largest absolute Gasteiger partial charge is 0.397 e. The lowest BCUT2D eigenvalue weighted by atomic mass is 10.3. The molecule has 0 aliphatic carbocycles. The first-order valence-electron chi connectivity index (χ1n) is 7.69. The number of nitrogens with zero attached hydrogens (tertiary/aromatic N) is 4. The highest BCUT2D eigenvalue weighted by atomic mass is 32.1. The molecule has 128 valence electrons. The number of aromatic nitrogens is 4. The summed E-state index contributed by atoms with van der Waals surface area (Å²) < 4.78 is 27.9. The Balaban J connectivity index is 2.10. The van der Waals surface area contributed by atoms with Crippen molar-refractivity contribution in [3.8, 4) is 5.69 Å². The summed E-state index contributed by atoms with van der Waals surface area (Å²) in [6, 6.07) is 9.66. The van der Waals surface area contributed by atoms with Crippen molar-refractivity contribution >= 4 is 29.3 Å². The molecule has 2 heterocycles. The molecule has 9 heteroatoms. The molecule has 0 fully saturated rings. The smallest absolute Gasteiger partial charge is 0.300 e. The van der Waals surface area contributed by atoms with Crippen LogP contribution in [0.5, 0.6) is 0 Å². The molecule has 0 radical (unpaired) electrons. The summed E-state index contributed by atoms with van der Waals surface area (Å²) in [5.74, 6) is 0. The second-order valence-corrected chi connectivity index (χ2v) is 8.53. The molecule has 0 saturated heterocycles. The molecule has 7 nitrogen and oxygen atoms in total. The molecule has 0 atom stereocenters.